The molecular weight excluding hydrogens is 477 g/mol. The van der Waals surface area contributed by atoms with E-state index in [2.05, 4.69) is 9.82 Å². The Morgan fingerprint density at radius 1 is 1.00 bits per heavy atom. The number of nitrogens with one attached hydrogen (secondary N) is 1. The van der Waals surface area contributed by atoms with Gasteiger partial charge in [0.05, 0.1) is 22.4 Å². The van der Waals surface area contributed by atoms with Crippen molar-refractivity contribution in [2.24, 2.45) is 5.10 Å². The van der Waals surface area contributed by atoms with Crippen LogP contribution >= 0.6 is 0 Å². The van der Waals surface area contributed by atoms with E-state index in [1.54, 1.807) is 61.5 Å². The van der Waals surface area contributed by atoms with Crippen LogP contribution in [0.3, 0.4) is 0 Å². The van der Waals surface area contributed by atoms with Gasteiger partial charge in [-0.05, 0) is 60.9 Å². The number of hydrogen-bond acceptors (Lipinski definition) is 5. The molecule has 0 saturated carbocycles. The Bertz CT molecular complexity index is 1450. The van der Waals surface area contributed by atoms with Gasteiger partial charge in [0.25, 0.3) is 10.0 Å². The molecule has 1 atom stereocenters. The summed E-state index contributed by atoms with van der Waals surface area (Å²) in [6.45, 7) is 3.25. The van der Waals surface area contributed by atoms with Crippen LogP contribution in [-0.4, -0.2) is 32.7 Å². The Morgan fingerprint density at radius 3 is 2.38 bits per heavy atom. The molecule has 178 valence electrons. The number of rotatable bonds is 7. The van der Waals surface area contributed by atoms with E-state index in [1.807, 2.05) is 0 Å². The minimum atomic E-state index is -4.02. The van der Waals surface area contributed by atoms with Gasteiger partial charge in [-0.3, -0.25) is 4.72 Å². The fourth-order valence-corrected chi connectivity index (χ4v) is 6.07. The minimum absolute atomic E-state index is 0.0761. The first-order chi connectivity index (χ1) is 16.1. The molecule has 3 aromatic rings. The van der Waals surface area contributed by atoms with Crippen molar-refractivity contribution >= 4 is 31.4 Å². The largest absolute Gasteiger partial charge is 0.284 e. The van der Waals surface area contributed by atoms with Gasteiger partial charge in [0.1, 0.15) is 5.82 Å². The van der Waals surface area contributed by atoms with Crippen LogP contribution in [0.1, 0.15) is 36.1 Å². The zero-order valence-corrected chi connectivity index (χ0v) is 20.3. The fourth-order valence-electron chi connectivity index (χ4n) is 3.78. The van der Waals surface area contributed by atoms with Crippen LogP contribution in [0, 0.1) is 12.7 Å². The molecule has 10 heteroatoms. The molecule has 0 amide bonds. The van der Waals surface area contributed by atoms with Crippen molar-refractivity contribution in [1.29, 1.82) is 0 Å². The Kier molecular flexibility index (Phi) is 6.46. The van der Waals surface area contributed by atoms with Crippen LogP contribution in [-0.2, 0) is 20.0 Å². The Labute approximate surface area is 199 Å². The smallest absolute Gasteiger partial charge is 0.279 e. The van der Waals surface area contributed by atoms with Crippen LogP contribution in [0.2, 0.25) is 0 Å². The maximum absolute atomic E-state index is 13.6. The van der Waals surface area contributed by atoms with Crippen molar-refractivity contribution in [3.8, 4) is 0 Å². The van der Waals surface area contributed by atoms with Crippen LogP contribution in [0.25, 0.3) is 0 Å². The van der Waals surface area contributed by atoms with Crippen molar-refractivity contribution in [2.75, 3.05) is 10.5 Å². The molecular formula is C24H24FN3O4S2. The molecule has 34 heavy (non-hydrogen) atoms. The zero-order valence-electron chi connectivity index (χ0n) is 18.6. The van der Waals surface area contributed by atoms with Gasteiger partial charge in [-0.25, -0.2) is 12.8 Å². The first-order valence-electron chi connectivity index (χ1n) is 10.6. The first kappa shape index (κ1) is 23.9. The van der Waals surface area contributed by atoms with E-state index >= 15 is 0 Å². The number of halogens is 1. The number of anilines is 1. The van der Waals surface area contributed by atoms with Crippen molar-refractivity contribution in [2.45, 2.75) is 31.2 Å². The average Bonchev–Trinajstić information content (AvgIpc) is 3.26. The fraction of sp³-hybridized carbons (Fsp3) is 0.208. The van der Waals surface area contributed by atoms with E-state index in [9.17, 15) is 21.2 Å². The highest BCUT2D eigenvalue weighted by Gasteiger charge is 2.38. The molecule has 0 radical (unpaired) electrons. The lowest BCUT2D eigenvalue weighted by Gasteiger charge is -2.24. The number of benzene rings is 3. The topological polar surface area (TPSA) is 95.9 Å². The van der Waals surface area contributed by atoms with E-state index < -0.39 is 31.9 Å². The number of hydrogen-bond donors (Lipinski definition) is 1. The zero-order chi connectivity index (χ0) is 24.5. The minimum Gasteiger partial charge on any atom is -0.284 e. The Balaban J connectivity index is 1.78. The van der Waals surface area contributed by atoms with E-state index in [0.717, 1.165) is 4.41 Å². The SMILES string of the molecule is CCS(=O)(=O)Nc1cccc(C2=NN(S(=O)(=O)c3ccccc3C)[C@H](c3ccc(F)cc3)C2)c1. The van der Waals surface area contributed by atoms with Crippen molar-refractivity contribution < 1.29 is 21.2 Å². The molecule has 0 saturated heterocycles. The lowest BCUT2D eigenvalue weighted by Crippen LogP contribution is -2.28. The van der Waals surface area contributed by atoms with Crippen LogP contribution in [0.15, 0.2) is 82.8 Å². The van der Waals surface area contributed by atoms with Crippen molar-refractivity contribution in [3.63, 3.8) is 0 Å². The summed E-state index contributed by atoms with van der Waals surface area (Å²) in [6.07, 6.45) is 0.237. The van der Waals surface area contributed by atoms with E-state index in [4.69, 9.17) is 0 Å². The summed E-state index contributed by atoms with van der Waals surface area (Å²) < 4.78 is 68.3. The summed E-state index contributed by atoms with van der Waals surface area (Å²) in [5, 5.41) is 4.48. The highest BCUT2D eigenvalue weighted by molar-refractivity contribution is 7.92. The molecule has 0 unspecified atom stereocenters. The first-order valence-corrected chi connectivity index (χ1v) is 13.7. The summed E-state index contributed by atoms with van der Waals surface area (Å²) in [5.74, 6) is -0.500. The highest BCUT2D eigenvalue weighted by atomic mass is 32.2. The quantitative estimate of drug-likeness (QED) is 0.518. The van der Waals surface area contributed by atoms with E-state index in [1.165, 1.54) is 25.1 Å². The molecule has 3 aromatic carbocycles. The average molecular weight is 502 g/mol. The van der Waals surface area contributed by atoms with E-state index in [-0.39, 0.29) is 17.1 Å². The monoisotopic (exact) mass is 501 g/mol. The number of hydrazone groups is 1. The Hall–Kier alpha value is -3.24. The van der Waals surface area contributed by atoms with Crippen LogP contribution < -0.4 is 4.72 Å². The third-order valence-corrected chi connectivity index (χ3v) is 8.74. The summed E-state index contributed by atoms with van der Waals surface area (Å²) in [7, 11) is -7.50. The summed E-state index contributed by atoms with van der Waals surface area (Å²) in [5.41, 5.74) is 2.61. The summed E-state index contributed by atoms with van der Waals surface area (Å²) >= 11 is 0. The summed E-state index contributed by atoms with van der Waals surface area (Å²) in [6, 6.07) is 18.3. The molecule has 0 fully saturated rings. The van der Waals surface area contributed by atoms with Gasteiger partial charge in [-0.2, -0.15) is 17.9 Å². The second kappa shape index (κ2) is 9.19. The molecule has 0 bridgehead atoms. The van der Waals surface area contributed by atoms with E-state index in [0.29, 0.717) is 28.1 Å². The lowest BCUT2D eigenvalue weighted by molar-refractivity contribution is 0.371. The van der Waals surface area contributed by atoms with Gasteiger partial charge < -0.3 is 0 Å². The van der Waals surface area contributed by atoms with Gasteiger partial charge in [0.15, 0.2) is 0 Å². The van der Waals surface area contributed by atoms with Gasteiger partial charge in [0.2, 0.25) is 10.0 Å². The van der Waals surface area contributed by atoms with Gasteiger partial charge >= 0.3 is 0 Å². The molecule has 1 aliphatic heterocycles. The maximum Gasteiger partial charge on any atom is 0.279 e. The number of aryl methyl sites for hydroxylation is 1. The molecule has 0 aliphatic carbocycles. The van der Waals surface area contributed by atoms with Gasteiger partial charge in [0, 0.05) is 12.1 Å². The maximum atomic E-state index is 13.6. The molecule has 7 nitrogen and oxygen atoms in total. The third kappa shape index (κ3) is 4.83. The molecule has 1 aliphatic rings. The predicted molar refractivity (Wildman–Crippen MR) is 130 cm³/mol. The van der Waals surface area contributed by atoms with Crippen LogP contribution in [0.5, 0.6) is 0 Å². The molecule has 4 rings (SSSR count). The van der Waals surface area contributed by atoms with Gasteiger partial charge in [-0.15, -0.1) is 0 Å². The molecule has 0 aromatic heterocycles. The highest BCUT2D eigenvalue weighted by Crippen LogP contribution is 2.38. The number of nitrogens with zero attached hydrogens (tertiary/aromatic N) is 2. The van der Waals surface area contributed by atoms with Crippen molar-refractivity contribution in [1.82, 2.24) is 4.41 Å². The normalized spacial score (nSPS) is 16.4. The third-order valence-electron chi connectivity index (χ3n) is 5.59. The van der Waals surface area contributed by atoms with Crippen molar-refractivity contribution in [3.05, 3.63) is 95.3 Å². The Morgan fingerprint density at radius 2 is 1.71 bits per heavy atom. The molecule has 0 spiro atoms. The summed E-state index contributed by atoms with van der Waals surface area (Å²) in [4.78, 5) is 0.136. The predicted octanol–water partition coefficient (Wildman–Crippen LogP) is 4.44. The second-order valence-electron chi connectivity index (χ2n) is 7.95. The second-order valence-corrected chi connectivity index (χ2v) is 11.7. The molecule has 1 heterocycles. The molecule has 1 N–H and O–H groups in total. The number of sulfonamides is 2. The lowest BCUT2D eigenvalue weighted by atomic mass is 9.99. The van der Waals surface area contributed by atoms with Gasteiger partial charge in [-0.1, -0.05) is 42.5 Å². The van der Waals surface area contributed by atoms with Crippen LogP contribution in [0.4, 0.5) is 10.1 Å². The standard InChI is InChI=1S/C24H24FN3O4S2/c1-3-33(29,30)27-21-9-6-8-19(15-21)22-16-23(18-11-13-20(25)14-12-18)28(26-22)34(31,32)24-10-5-4-7-17(24)2/h4-15,23,27H,3,16H2,1-2H3/t23-/m0/s1.